The summed E-state index contributed by atoms with van der Waals surface area (Å²) in [4.78, 5) is 8.54. The Morgan fingerprint density at radius 2 is 1.90 bits per heavy atom. The van der Waals surface area contributed by atoms with Crippen molar-refractivity contribution in [2.45, 2.75) is 32.8 Å². The molecule has 0 bridgehead atoms. The molecule has 0 saturated heterocycles. The van der Waals surface area contributed by atoms with Crippen molar-refractivity contribution >= 4 is 23.1 Å². The lowest BCUT2D eigenvalue weighted by molar-refractivity contribution is 0.178. The van der Waals surface area contributed by atoms with E-state index in [0.717, 1.165) is 5.69 Å². The van der Waals surface area contributed by atoms with Crippen LogP contribution in [0.4, 0.5) is 11.5 Å². The molecule has 1 heterocycles. The van der Waals surface area contributed by atoms with Gasteiger partial charge in [0.2, 0.25) is 0 Å². The zero-order chi connectivity index (χ0) is 15.5. The number of nitrogens with one attached hydrogen (secondary N) is 1. The van der Waals surface area contributed by atoms with Crippen LogP contribution in [0.3, 0.4) is 0 Å². The number of nitrogens with zero attached hydrogens (tertiary/aromatic N) is 2. The first kappa shape index (κ1) is 15.7. The molecule has 2 aromatic rings. The van der Waals surface area contributed by atoms with Gasteiger partial charge in [-0.1, -0.05) is 50.6 Å². The molecule has 1 aromatic heterocycles. The molecule has 0 amide bonds. The van der Waals surface area contributed by atoms with E-state index in [1.54, 1.807) is 13.2 Å². The van der Waals surface area contributed by atoms with Gasteiger partial charge in [-0.15, -0.1) is 0 Å². The number of para-hydroxylation sites is 1. The molecule has 0 radical (unpaired) electrons. The maximum Gasteiger partial charge on any atom is 0.158 e. The summed E-state index contributed by atoms with van der Waals surface area (Å²) in [6.45, 7) is 6.86. The van der Waals surface area contributed by atoms with Crippen molar-refractivity contribution in [3.05, 3.63) is 46.9 Å². The van der Waals surface area contributed by atoms with Crippen LogP contribution in [0.15, 0.2) is 30.3 Å². The third-order valence-corrected chi connectivity index (χ3v) is 3.21. The van der Waals surface area contributed by atoms with Gasteiger partial charge in [-0.25, -0.2) is 9.97 Å². The molecule has 5 heteroatoms. The summed E-state index contributed by atoms with van der Waals surface area (Å²) in [5.74, 6) is 1.22. The van der Waals surface area contributed by atoms with E-state index >= 15 is 0 Å². The van der Waals surface area contributed by atoms with Crippen molar-refractivity contribution in [2.24, 2.45) is 0 Å². The second-order valence-corrected chi connectivity index (χ2v) is 6.23. The van der Waals surface area contributed by atoms with Crippen LogP contribution in [-0.2, 0) is 16.8 Å². The summed E-state index contributed by atoms with van der Waals surface area (Å²) in [5.41, 5.74) is 2.27. The van der Waals surface area contributed by atoms with Crippen molar-refractivity contribution in [1.82, 2.24) is 9.97 Å². The van der Waals surface area contributed by atoms with Gasteiger partial charge in [-0.3, -0.25) is 0 Å². The maximum absolute atomic E-state index is 6.03. The molecule has 0 spiro atoms. The molecule has 0 aliphatic heterocycles. The highest BCUT2D eigenvalue weighted by atomic mass is 35.5. The van der Waals surface area contributed by atoms with Crippen LogP contribution in [0, 0.1) is 0 Å². The van der Waals surface area contributed by atoms with Crippen LogP contribution in [0.5, 0.6) is 0 Å². The lowest BCUT2D eigenvalue weighted by atomic mass is 9.86. The molecule has 21 heavy (non-hydrogen) atoms. The van der Waals surface area contributed by atoms with Crippen LogP contribution in [0.25, 0.3) is 0 Å². The van der Waals surface area contributed by atoms with Gasteiger partial charge in [0.15, 0.2) is 5.82 Å². The Labute approximate surface area is 130 Å². The highest BCUT2D eigenvalue weighted by molar-refractivity contribution is 6.29. The van der Waals surface area contributed by atoms with Crippen LogP contribution in [-0.4, -0.2) is 17.1 Å². The van der Waals surface area contributed by atoms with Gasteiger partial charge in [0.05, 0.1) is 0 Å². The fraction of sp³-hybridized carbons (Fsp3) is 0.375. The fourth-order valence-electron chi connectivity index (χ4n) is 2.11. The van der Waals surface area contributed by atoms with E-state index in [1.165, 1.54) is 5.56 Å². The van der Waals surface area contributed by atoms with Gasteiger partial charge in [0.25, 0.3) is 0 Å². The third kappa shape index (κ3) is 4.16. The highest BCUT2D eigenvalue weighted by Crippen LogP contribution is 2.31. The lowest BCUT2D eigenvalue weighted by Gasteiger charge is -2.23. The minimum atomic E-state index is 0.0375. The summed E-state index contributed by atoms with van der Waals surface area (Å²) < 4.78 is 5.05. The molecule has 2 rings (SSSR count). The monoisotopic (exact) mass is 305 g/mol. The number of anilines is 2. The smallest absolute Gasteiger partial charge is 0.158 e. The molecule has 0 fully saturated rings. The van der Waals surface area contributed by atoms with Crippen LogP contribution in [0.2, 0.25) is 5.15 Å². The van der Waals surface area contributed by atoms with E-state index in [0.29, 0.717) is 23.4 Å². The first-order valence-electron chi connectivity index (χ1n) is 6.79. The molecular formula is C16H20ClN3O. The van der Waals surface area contributed by atoms with Crippen molar-refractivity contribution in [2.75, 3.05) is 12.4 Å². The Hall–Kier alpha value is -1.65. The number of hydrogen-bond donors (Lipinski definition) is 1. The van der Waals surface area contributed by atoms with Crippen LogP contribution in [0.1, 0.15) is 32.2 Å². The van der Waals surface area contributed by atoms with Crippen molar-refractivity contribution in [3.8, 4) is 0 Å². The highest BCUT2D eigenvalue weighted by Gasteiger charge is 2.17. The molecule has 4 nitrogen and oxygen atoms in total. The zero-order valence-corrected chi connectivity index (χ0v) is 13.5. The van der Waals surface area contributed by atoms with Gasteiger partial charge < -0.3 is 10.1 Å². The summed E-state index contributed by atoms with van der Waals surface area (Å²) in [6.07, 6.45) is 0. The minimum absolute atomic E-state index is 0.0375. The van der Waals surface area contributed by atoms with Gasteiger partial charge in [0.1, 0.15) is 17.6 Å². The number of halogens is 1. The molecule has 0 aliphatic rings. The van der Waals surface area contributed by atoms with Gasteiger partial charge in [0, 0.05) is 18.9 Å². The number of methoxy groups -OCH3 is 1. The third-order valence-electron chi connectivity index (χ3n) is 3.01. The summed E-state index contributed by atoms with van der Waals surface area (Å²) in [6, 6.07) is 9.89. The van der Waals surface area contributed by atoms with E-state index in [2.05, 4.69) is 42.1 Å². The molecule has 112 valence electrons. The van der Waals surface area contributed by atoms with Gasteiger partial charge in [-0.05, 0) is 17.0 Å². The molecule has 0 unspecified atom stereocenters. The first-order chi connectivity index (χ1) is 9.90. The lowest BCUT2D eigenvalue weighted by Crippen LogP contribution is -2.14. The molecule has 1 N–H and O–H groups in total. The Balaban J connectivity index is 2.35. The van der Waals surface area contributed by atoms with E-state index in [-0.39, 0.29) is 5.41 Å². The van der Waals surface area contributed by atoms with Crippen LogP contribution >= 0.6 is 11.6 Å². The molecular weight excluding hydrogens is 286 g/mol. The molecule has 1 aromatic carbocycles. The van der Waals surface area contributed by atoms with E-state index < -0.39 is 0 Å². The predicted octanol–water partition coefficient (Wildman–Crippen LogP) is 4.32. The Kier molecular flexibility index (Phi) is 4.80. The average molecular weight is 306 g/mol. The Morgan fingerprint density at radius 3 is 2.57 bits per heavy atom. The number of rotatable bonds is 4. The number of aromatic nitrogens is 2. The summed E-state index contributed by atoms with van der Waals surface area (Å²) >= 11 is 6.03. The first-order valence-corrected chi connectivity index (χ1v) is 7.17. The Bertz CT molecular complexity index is 623. The second-order valence-electron chi connectivity index (χ2n) is 5.85. The topological polar surface area (TPSA) is 47.0 Å². The molecule has 0 atom stereocenters. The standard InChI is InChI=1S/C16H20ClN3O/c1-16(2,3)11-7-5-6-8-12(11)18-14-9-13(17)19-15(20-14)10-21-4/h5-9H,10H2,1-4H3,(H,18,19,20). The van der Waals surface area contributed by atoms with Crippen molar-refractivity contribution < 1.29 is 4.74 Å². The summed E-state index contributed by atoms with van der Waals surface area (Å²) in [7, 11) is 1.60. The Morgan fingerprint density at radius 1 is 1.19 bits per heavy atom. The largest absolute Gasteiger partial charge is 0.377 e. The number of benzene rings is 1. The van der Waals surface area contributed by atoms with Crippen LogP contribution < -0.4 is 5.32 Å². The zero-order valence-electron chi connectivity index (χ0n) is 12.8. The van der Waals surface area contributed by atoms with Gasteiger partial charge in [-0.2, -0.15) is 0 Å². The molecule has 0 saturated carbocycles. The van der Waals surface area contributed by atoms with E-state index in [1.807, 2.05) is 18.2 Å². The van der Waals surface area contributed by atoms with Gasteiger partial charge >= 0.3 is 0 Å². The quantitative estimate of drug-likeness (QED) is 0.855. The minimum Gasteiger partial charge on any atom is -0.377 e. The second kappa shape index (κ2) is 6.41. The summed E-state index contributed by atoms with van der Waals surface area (Å²) in [5, 5.41) is 3.72. The number of ether oxygens (including phenoxy) is 1. The average Bonchev–Trinajstić information content (AvgIpc) is 2.37. The predicted molar refractivity (Wildman–Crippen MR) is 86.2 cm³/mol. The fourth-order valence-corrected chi connectivity index (χ4v) is 2.31. The maximum atomic E-state index is 6.03. The number of hydrogen-bond acceptors (Lipinski definition) is 4. The van der Waals surface area contributed by atoms with E-state index in [9.17, 15) is 0 Å². The van der Waals surface area contributed by atoms with E-state index in [4.69, 9.17) is 16.3 Å². The van der Waals surface area contributed by atoms with Crippen molar-refractivity contribution in [3.63, 3.8) is 0 Å². The molecule has 0 aliphatic carbocycles. The normalized spacial score (nSPS) is 11.5. The van der Waals surface area contributed by atoms with Crippen molar-refractivity contribution in [1.29, 1.82) is 0 Å². The SMILES string of the molecule is COCc1nc(Cl)cc(Nc2ccccc2C(C)(C)C)n1.